The number of benzene rings is 2. The summed E-state index contributed by atoms with van der Waals surface area (Å²) >= 11 is 1.47. The van der Waals surface area contributed by atoms with Gasteiger partial charge in [0.1, 0.15) is 11.9 Å². The molecule has 2 aromatic rings. The van der Waals surface area contributed by atoms with Gasteiger partial charge in [-0.05, 0) is 56.0 Å². The van der Waals surface area contributed by atoms with Crippen molar-refractivity contribution in [3.8, 4) is 0 Å². The summed E-state index contributed by atoms with van der Waals surface area (Å²) in [4.78, 5) is 27.4. The number of halogens is 1. The fraction of sp³-hybridized carbons (Fsp3) is 0.417. The topological polar surface area (TPSA) is 49.4 Å². The lowest BCUT2D eigenvalue weighted by Gasteiger charge is -2.30. The summed E-state index contributed by atoms with van der Waals surface area (Å²) in [7, 11) is 0. The molecule has 2 atom stereocenters. The van der Waals surface area contributed by atoms with Crippen LogP contribution in [0.15, 0.2) is 48.5 Å². The molecule has 1 N–H and O–H groups in total. The molecule has 162 valence electrons. The third-order valence-electron chi connectivity index (χ3n) is 5.18. The van der Waals surface area contributed by atoms with Gasteiger partial charge in [0.15, 0.2) is 0 Å². The first-order valence-electron chi connectivity index (χ1n) is 10.3. The van der Waals surface area contributed by atoms with Crippen molar-refractivity contribution in [3.05, 3.63) is 71.0 Å². The normalized spacial score (nSPS) is 12.8. The van der Waals surface area contributed by atoms with Crippen molar-refractivity contribution in [2.45, 2.75) is 58.5 Å². The summed E-state index contributed by atoms with van der Waals surface area (Å²) in [6, 6.07) is 13.7. The van der Waals surface area contributed by atoms with E-state index in [0.717, 1.165) is 23.1 Å². The largest absolute Gasteiger partial charge is 0.352 e. The van der Waals surface area contributed by atoms with E-state index in [1.165, 1.54) is 23.9 Å². The lowest BCUT2D eigenvalue weighted by Crippen LogP contribution is -2.50. The summed E-state index contributed by atoms with van der Waals surface area (Å²) in [5.41, 5.74) is 3.07. The highest BCUT2D eigenvalue weighted by Gasteiger charge is 2.27. The minimum atomic E-state index is -0.572. The highest BCUT2D eigenvalue weighted by atomic mass is 32.2. The zero-order valence-electron chi connectivity index (χ0n) is 18.2. The first-order chi connectivity index (χ1) is 14.3. The quantitative estimate of drug-likeness (QED) is 0.594. The van der Waals surface area contributed by atoms with Gasteiger partial charge in [-0.3, -0.25) is 9.59 Å². The number of thioether (sulfide) groups is 1. The maximum Gasteiger partial charge on any atom is 0.242 e. The summed E-state index contributed by atoms with van der Waals surface area (Å²) < 4.78 is 13.1. The molecular formula is C24H31FN2O2S. The Bertz CT molecular complexity index is 841. The van der Waals surface area contributed by atoms with Crippen LogP contribution in [0.4, 0.5) is 4.39 Å². The zero-order chi connectivity index (χ0) is 22.1. The summed E-state index contributed by atoms with van der Waals surface area (Å²) in [5, 5.41) is 2.98. The van der Waals surface area contributed by atoms with Crippen LogP contribution in [0.5, 0.6) is 0 Å². The van der Waals surface area contributed by atoms with Gasteiger partial charge in [0.2, 0.25) is 11.8 Å². The van der Waals surface area contributed by atoms with Crippen LogP contribution in [0, 0.1) is 12.7 Å². The summed E-state index contributed by atoms with van der Waals surface area (Å²) in [6.07, 6.45) is 0.831. The van der Waals surface area contributed by atoms with Crippen molar-refractivity contribution < 1.29 is 14.0 Å². The number of amides is 2. The van der Waals surface area contributed by atoms with E-state index < -0.39 is 6.04 Å². The predicted molar refractivity (Wildman–Crippen MR) is 122 cm³/mol. The number of nitrogens with one attached hydrogen (secondary N) is 1. The highest BCUT2D eigenvalue weighted by Crippen LogP contribution is 2.18. The average molecular weight is 431 g/mol. The molecule has 2 unspecified atom stereocenters. The molecule has 0 spiro atoms. The van der Waals surface area contributed by atoms with Gasteiger partial charge in [-0.2, -0.15) is 0 Å². The van der Waals surface area contributed by atoms with Crippen molar-refractivity contribution in [2.24, 2.45) is 0 Å². The first-order valence-corrected chi connectivity index (χ1v) is 11.4. The molecule has 0 aromatic heterocycles. The fourth-order valence-corrected chi connectivity index (χ4v) is 3.81. The number of hydrogen-bond acceptors (Lipinski definition) is 3. The SMILES string of the molecule is CCC(C)NC(=O)C(C)N(Cc1ccccc1C)C(=O)CSCc1ccc(F)cc1. The maximum atomic E-state index is 13.1. The lowest BCUT2D eigenvalue weighted by atomic mass is 10.1. The van der Waals surface area contributed by atoms with Crippen LogP contribution < -0.4 is 5.32 Å². The van der Waals surface area contributed by atoms with Gasteiger partial charge in [-0.1, -0.05) is 43.3 Å². The van der Waals surface area contributed by atoms with Gasteiger partial charge in [0.25, 0.3) is 0 Å². The number of nitrogens with zero attached hydrogens (tertiary/aromatic N) is 1. The number of hydrogen-bond donors (Lipinski definition) is 1. The smallest absolute Gasteiger partial charge is 0.242 e. The van der Waals surface area contributed by atoms with E-state index in [2.05, 4.69) is 5.32 Å². The average Bonchev–Trinajstić information content (AvgIpc) is 2.73. The lowest BCUT2D eigenvalue weighted by molar-refractivity contribution is -0.138. The standard InChI is InChI=1S/C24H31FN2O2S/c1-5-18(3)26-24(29)19(4)27(14-21-9-7-6-8-17(21)2)23(28)16-30-15-20-10-12-22(25)13-11-20/h6-13,18-19H,5,14-16H2,1-4H3,(H,26,29). The zero-order valence-corrected chi connectivity index (χ0v) is 19.0. The maximum absolute atomic E-state index is 13.1. The van der Waals surface area contributed by atoms with Crippen LogP contribution in [0.25, 0.3) is 0 Å². The van der Waals surface area contributed by atoms with Crippen molar-refractivity contribution in [1.82, 2.24) is 10.2 Å². The fourth-order valence-electron chi connectivity index (χ4n) is 2.94. The van der Waals surface area contributed by atoms with Gasteiger partial charge in [-0.15, -0.1) is 11.8 Å². The number of carbonyl (C=O) groups excluding carboxylic acids is 2. The first kappa shape index (κ1) is 23.9. The molecule has 30 heavy (non-hydrogen) atoms. The molecule has 6 heteroatoms. The third-order valence-corrected chi connectivity index (χ3v) is 6.17. The number of aryl methyl sites for hydroxylation is 1. The summed E-state index contributed by atoms with van der Waals surface area (Å²) in [6.45, 7) is 8.13. The van der Waals surface area contributed by atoms with Gasteiger partial charge in [0, 0.05) is 18.3 Å². The van der Waals surface area contributed by atoms with Crippen molar-refractivity contribution in [2.75, 3.05) is 5.75 Å². The van der Waals surface area contributed by atoms with Gasteiger partial charge >= 0.3 is 0 Å². The van der Waals surface area contributed by atoms with Crippen molar-refractivity contribution >= 4 is 23.6 Å². The Labute approximate surface area is 183 Å². The second kappa shape index (κ2) is 11.7. The highest BCUT2D eigenvalue weighted by molar-refractivity contribution is 7.99. The van der Waals surface area contributed by atoms with Crippen molar-refractivity contribution in [3.63, 3.8) is 0 Å². The van der Waals surface area contributed by atoms with Crippen molar-refractivity contribution in [1.29, 1.82) is 0 Å². The van der Waals surface area contributed by atoms with E-state index in [-0.39, 0.29) is 29.4 Å². The molecule has 0 saturated heterocycles. The number of carbonyl (C=O) groups is 2. The van der Waals surface area contributed by atoms with E-state index in [1.807, 2.05) is 45.0 Å². The monoisotopic (exact) mass is 430 g/mol. The Morgan fingerprint density at radius 3 is 2.40 bits per heavy atom. The third kappa shape index (κ3) is 7.17. The second-order valence-corrected chi connectivity index (χ2v) is 8.55. The number of rotatable bonds is 10. The molecule has 2 amide bonds. The Morgan fingerprint density at radius 2 is 1.77 bits per heavy atom. The Morgan fingerprint density at radius 1 is 1.10 bits per heavy atom. The van der Waals surface area contributed by atoms with Crippen LogP contribution in [0.2, 0.25) is 0 Å². The van der Waals surface area contributed by atoms with E-state index >= 15 is 0 Å². The Kier molecular flexibility index (Phi) is 9.37. The summed E-state index contributed by atoms with van der Waals surface area (Å²) in [5.74, 6) is 0.361. The molecule has 0 radical (unpaired) electrons. The predicted octanol–water partition coefficient (Wildman–Crippen LogP) is 4.70. The molecule has 2 rings (SSSR count). The van der Waals surface area contributed by atoms with Crippen LogP contribution in [-0.4, -0.2) is 34.6 Å². The second-order valence-electron chi connectivity index (χ2n) is 7.56. The van der Waals surface area contributed by atoms with Crippen LogP contribution in [0.3, 0.4) is 0 Å². The van der Waals surface area contributed by atoms with Crippen LogP contribution >= 0.6 is 11.8 Å². The molecule has 0 heterocycles. The van der Waals surface area contributed by atoms with E-state index in [0.29, 0.717) is 12.3 Å². The molecule has 0 aliphatic heterocycles. The van der Waals surface area contributed by atoms with Gasteiger partial charge in [0.05, 0.1) is 5.75 Å². The Balaban J connectivity index is 2.08. The van der Waals surface area contributed by atoms with Gasteiger partial charge in [-0.25, -0.2) is 4.39 Å². The molecular weight excluding hydrogens is 399 g/mol. The minimum absolute atomic E-state index is 0.0585. The molecule has 2 aromatic carbocycles. The molecule has 0 fully saturated rings. The molecule has 0 saturated carbocycles. The van der Waals surface area contributed by atoms with E-state index in [4.69, 9.17) is 0 Å². The van der Waals surface area contributed by atoms with Crippen LogP contribution in [0.1, 0.15) is 43.9 Å². The van der Waals surface area contributed by atoms with E-state index in [9.17, 15) is 14.0 Å². The minimum Gasteiger partial charge on any atom is -0.352 e. The Hall–Kier alpha value is -2.34. The molecule has 4 nitrogen and oxygen atoms in total. The van der Waals surface area contributed by atoms with E-state index in [1.54, 1.807) is 24.0 Å². The van der Waals surface area contributed by atoms with Gasteiger partial charge < -0.3 is 10.2 Å². The molecule has 0 aliphatic rings. The van der Waals surface area contributed by atoms with Crippen LogP contribution in [-0.2, 0) is 21.9 Å². The molecule has 0 aliphatic carbocycles. The molecule has 0 bridgehead atoms.